The number of imidazole rings is 1. The first-order chi connectivity index (χ1) is 11.7. The Kier molecular flexibility index (Phi) is 3.76. The van der Waals surface area contributed by atoms with Crippen LogP contribution in [0.3, 0.4) is 0 Å². The molecular formula is C17H11ClN4OS. The van der Waals surface area contributed by atoms with E-state index in [-0.39, 0.29) is 11.1 Å². The fourth-order valence-electron chi connectivity index (χ4n) is 2.34. The van der Waals surface area contributed by atoms with Gasteiger partial charge < -0.3 is 5.32 Å². The number of carbonyl (C=O) groups excluding carboxylic acids is 1. The lowest BCUT2D eigenvalue weighted by molar-refractivity contribution is 0.102. The largest absolute Gasteiger partial charge is 0.322 e. The number of amides is 1. The van der Waals surface area contributed by atoms with E-state index in [1.165, 1.54) is 12.3 Å². The molecule has 0 fully saturated rings. The third-order valence-electron chi connectivity index (χ3n) is 3.52. The summed E-state index contributed by atoms with van der Waals surface area (Å²) < 4.78 is 1.99. The molecule has 0 saturated carbocycles. The second-order valence-electron chi connectivity index (χ2n) is 5.12. The van der Waals surface area contributed by atoms with Crippen LogP contribution in [0.2, 0.25) is 5.15 Å². The summed E-state index contributed by atoms with van der Waals surface area (Å²) in [4.78, 5) is 21.6. The molecule has 1 amide bonds. The summed E-state index contributed by atoms with van der Waals surface area (Å²) in [6, 6.07) is 10.7. The summed E-state index contributed by atoms with van der Waals surface area (Å²) in [7, 11) is 0. The van der Waals surface area contributed by atoms with Gasteiger partial charge in [0.15, 0.2) is 4.96 Å². The van der Waals surface area contributed by atoms with Crippen LogP contribution in [0.4, 0.5) is 5.69 Å². The fraction of sp³-hybridized carbons (Fsp3) is 0. The van der Waals surface area contributed by atoms with E-state index in [1.807, 2.05) is 46.4 Å². The predicted molar refractivity (Wildman–Crippen MR) is 95.7 cm³/mol. The van der Waals surface area contributed by atoms with Gasteiger partial charge in [-0.1, -0.05) is 23.7 Å². The Balaban J connectivity index is 1.53. The Morgan fingerprint density at radius 3 is 2.79 bits per heavy atom. The Morgan fingerprint density at radius 2 is 2.04 bits per heavy atom. The van der Waals surface area contributed by atoms with Gasteiger partial charge in [0.25, 0.3) is 5.91 Å². The van der Waals surface area contributed by atoms with Gasteiger partial charge >= 0.3 is 0 Å². The highest BCUT2D eigenvalue weighted by atomic mass is 35.5. The van der Waals surface area contributed by atoms with Gasteiger partial charge in [-0.2, -0.15) is 0 Å². The standard InChI is InChI=1S/C17H11ClN4OS/c18-15-9-12(5-6-19-15)16(23)20-13-3-1-11(2-4-13)14-10-22-7-8-24-17(22)21-14/h1-10H,(H,20,23). The Bertz CT molecular complexity index is 994. The zero-order chi connectivity index (χ0) is 16.5. The lowest BCUT2D eigenvalue weighted by Gasteiger charge is -2.06. The smallest absolute Gasteiger partial charge is 0.255 e. The Morgan fingerprint density at radius 1 is 1.21 bits per heavy atom. The molecule has 4 rings (SSSR count). The molecule has 5 nitrogen and oxygen atoms in total. The molecule has 0 spiro atoms. The average molecular weight is 355 g/mol. The third-order valence-corrected chi connectivity index (χ3v) is 4.50. The number of nitrogens with one attached hydrogen (secondary N) is 1. The number of carbonyl (C=O) groups is 1. The summed E-state index contributed by atoms with van der Waals surface area (Å²) in [5.74, 6) is -0.227. The van der Waals surface area contributed by atoms with Gasteiger partial charge in [-0.15, -0.1) is 11.3 Å². The monoisotopic (exact) mass is 354 g/mol. The van der Waals surface area contributed by atoms with Crippen LogP contribution in [0, 0.1) is 0 Å². The maximum absolute atomic E-state index is 12.2. The SMILES string of the molecule is O=C(Nc1ccc(-c2cn3ccsc3n2)cc1)c1ccnc(Cl)c1. The highest BCUT2D eigenvalue weighted by Crippen LogP contribution is 2.23. The van der Waals surface area contributed by atoms with Crippen LogP contribution in [0.15, 0.2) is 60.4 Å². The van der Waals surface area contributed by atoms with Crippen molar-refractivity contribution >= 4 is 39.5 Å². The molecule has 0 aliphatic heterocycles. The van der Waals surface area contributed by atoms with Gasteiger partial charge in [0.2, 0.25) is 0 Å². The second kappa shape index (κ2) is 6.07. The van der Waals surface area contributed by atoms with Gasteiger partial charge in [-0.3, -0.25) is 9.20 Å². The molecule has 1 aromatic carbocycles. The molecule has 0 radical (unpaired) electrons. The van der Waals surface area contributed by atoms with Crippen LogP contribution in [0.5, 0.6) is 0 Å². The second-order valence-corrected chi connectivity index (χ2v) is 6.38. The summed E-state index contributed by atoms with van der Waals surface area (Å²) in [5, 5.41) is 5.12. The van der Waals surface area contributed by atoms with E-state index in [2.05, 4.69) is 15.3 Å². The van der Waals surface area contributed by atoms with Gasteiger partial charge in [-0.25, -0.2) is 9.97 Å². The molecule has 0 aliphatic rings. The van der Waals surface area contributed by atoms with E-state index in [0.29, 0.717) is 11.3 Å². The van der Waals surface area contributed by atoms with Crippen molar-refractivity contribution in [1.82, 2.24) is 14.4 Å². The zero-order valence-corrected chi connectivity index (χ0v) is 13.9. The fourth-order valence-corrected chi connectivity index (χ4v) is 3.21. The number of fused-ring (bicyclic) bond motifs is 1. The van der Waals surface area contributed by atoms with Crippen molar-refractivity contribution in [3.05, 3.63) is 71.1 Å². The van der Waals surface area contributed by atoms with E-state index < -0.39 is 0 Å². The molecule has 7 heteroatoms. The topological polar surface area (TPSA) is 59.3 Å². The first-order valence-corrected chi connectivity index (χ1v) is 8.40. The lowest BCUT2D eigenvalue weighted by atomic mass is 10.1. The van der Waals surface area contributed by atoms with Crippen LogP contribution in [-0.2, 0) is 0 Å². The zero-order valence-electron chi connectivity index (χ0n) is 12.3. The number of hydrogen-bond donors (Lipinski definition) is 1. The molecule has 3 heterocycles. The minimum atomic E-state index is -0.227. The summed E-state index contributed by atoms with van der Waals surface area (Å²) in [6.45, 7) is 0. The van der Waals surface area contributed by atoms with Crippen molar-refractivity contribution in [3.8, 4) is 11.3 Å². The first kappa shape index (κ1) is 14.9. The van der Waals surface area contributed by atoms with Gasteiger partial charge in [-0.05, 0) is 24.3 Å². The van der Waals surface area contributed by atoms with Crippen LogP contribution in [-0.4, -0.2) is 20.3 Å². The van der Waals surface area contributed by atoms with E-state index in [1.54, 1.807) is 17.4 Å². The number of hydrogen-bond acceptors (Lipinski definition) is 4. The molecule has 0 saturated heterocycles. The minimum Gasteiger partial charge on any atom is -0.322 e. The lowest BCUT2D eigenvalue weighted by Crippen LogP contribution is -2.11. The highest BCUT2D eigenvalue weighted by Gasteiger charge is 2.08. The molecule has 0 unspecified atom stereocenters. The molecule has 0 bridgehead atoms. The van der Waals surface area contributed by atoms with Crippen molar-refractivity contribution in [1.29, 1.82) is 0 Å². The molecule has 0 atom stereocenters. The van der Waals surface area contributed by atoms with Gasteiger partial charge in [0, 0.05) is 40.8 Å². The normalized spacial score (nSPS) is 10.9. The van der Waals surface area contributed by atoms with Crippen molar-refractivity contribution in [3.63, 3.8) is 0 Å². The van der Waals surface area contributed by atoms with Crippen LogP contribution >= 0.6 is 22.9 Å². The van der Waals surface area contributed by atoms with E-state index in [9.17, 15) is 4.79 Å². The third kappa shape index (κ3) is 2.89. The number of aromatic nitrogens is 3. The van der Waals surface area contributed by atoms with Crippen molar-refractivity contribution in [2.24, 2.45) is 0 Å². The van der Waals surface area contributed by atoms with Crippen LogP contribution in [0.1, 0.15) is 10.4 Å². The van der Waals surface area contributed by atoms with Gasteiger partial charge in [0.1, 0.15) is 5.15 Å². The highest BCUT2D eigenvalue weighted by molar-refractivity contribution is 7.15. The number of halogens is 1. The maximum atomic E-state index is 12.2. The molecular weight excluding hydrogens is 344 g/mol. The van der Waals surface area contributed by atoms with E-state index in [4.69, 9.17) is 11.6 Å². The number of nitrogens with zero attached hydrogens (tertiary/aromatic N) is 3. The summed E-state index contributed by atoms with van der Waals surface area (Å²) in [6.07, 6.45) is 5.47. The molecule has 0 aliphatic carbocycles. The molecule has 118 valence electrons. The number of pyridine rings is 1. The molecule has 24 heavy (non-hydrogen) atoms. The van der Waals surface area contributed by atoms with E-state index >= 15 is 0 Å². The Labute approximate surface area is 146 Å². The predicted octanol–water partition coefficient (Wildman–Crippen LogP) is 4.36. The van der Waals surface area contributed by atoms with Crippen LogP contribution in [0.25, 0.3) is 16.2 Å². The van der Waals surface area contributed by atoms with Crippen molar-refractivity contribution < 1.29 is 4.79 Å². The molecule has 1 N–H and O–H groups in total. The first-order valence-electron chi connectivity index (χ1n) is 7.14. The van der Waals surface area contributed by atoms with E-state index in [0.717, 1.165) is 16.2 Å². The molecule has 3 aromatic heterocycles. The van der Waals surface area contributed by atoms with Crippen molar-refractivity contribution in [2.45, 2.75) is 0 Å². The van der Waals surface area contributed by atoms with Crippen molar-refractivity contribution in [2.75, 3.05) is 5.32 Å². The summed E-state index contributed by atoms with van der Waals surface area (Å²) in [5.41, 5.74) is 3.07. The molecule has 4 aromatic rings. The number of rotatable bonds is 3. The maximum Gasteiger partial charge on any atom is 0.255 e. The minimum absolute atomic E-state index is 0.227. The number of anilines is 1. The number of thiazole rings is 1. The van der Waals surface area contributed by atoms with Crippen LogP contribution < -0.4 is 5.32 Å². The Hall–Kier alpha value is -2.70. The quantitative estimate of drug-likeness (QED) is 0.556. The average Bonchev–Trinajstić information content (AvgIpc) is 3.17. The summed E-state index contributed by atoms with van der Waals surface area (Å²) >= 11 is 7.40. The number of benzene rings is 1. The van der Waals surface area contributed by atoms with Gasteiger partial charge in [0.05, 0.1) is 5.69 Å².